The summed E-state index contributed by atoms with van der Waals surface area (Å²) >= 11 is 0. The van der Waals surface area contributed by atoms with E-state index in [-0.39, 0.29) is 15.8 Å². The monoisotopic (exact) mass is 586 g/mol. The second-order valence-corrected chi connectivity index (χ2v) is 52.2. The van der Waals surface area contributed by atoms with Crippen LogP contribution in [-0.4, -0.2) is 28.7 Å². The Hall–Kier alpha value is 1.38. The van der Waals surface area contributed by atoms with Gasteiger partial charge in [-0.15, -0.1) is 0 Å². The molecule has 10 heterocycles. The fraction of sp³-hybridized carbons (Fsp3) is 1.00. The van der Waals surface area contributed by atoms with Gasteiger partial charge in [-0.25, -0.2) is 0 Å². The van der Waals surface area contributed by atoms with Gasteiger partial charge < -0.3 is 0 Å². The van der Waals surface area contributed by atoms with Crippen LogP contribution in [0.15, 0.2) is 0 Å². The van der Waals surface area contributed by atoms with Gasteiger partial charge in [0.05, 0.1) is 0 Å². The molecule has 4 unspecified atom stereocenters. The van der Waals surface area contributed by atoms with E-state index >= 15 is 0 Å². The van der Waals surface area contributed by atoms with E-state index in [1.54, 1.807) is 0 Å². The van der Waals surface area contributed by atoms with Crippen LogP contribution in [0.1, 0.15) is 134 Å². The average molecular weight is 587 g/mol. The van der Waals surface area contributed by atoms with Crippen molar-refractivity contribution >= 4 is 15.8 Å². The van der Waals surface area contributed by atoms with Gasteiger partial charge in [-0.2, -0.15) is 0 Å². The summed E-state index contributed by atoms with van der Waals surface area (Å²) in [5, 5.41) is 2.33. The molecule has 214 valence electrons. The Morgan fingerprint density at radius 1 is 0.459 bits per heavy atom. The van der Waals surface area contributed by atoms with Crippen molar-refractivity contribution in [3.8, 4) is 0 Å². The van der Waals surface area contributed by atoms with Crippen LogP contribution >= 0.6 is 15.8 Å². The molecule has 1 spiro atoms. The second kappa shape index (κ2) is 3.41. The zero-order chi connectivity index (χ0) is 26.7. The van der Waals surface area contributed by atoms with Crippen LogP contribution in [0.25, 0.3) is 0 Å². The van der Waals surface area contributed by atoms with Crippen LogP contribution in [-0.2, 0) is 6.51 Å². The van der Waals surface area contributed by atoms with Crippen LogP contribution in [0.2, 0.25) is 38.5 Å². The Bertz CT molecular complexity index is 1350. The molecule has 10 rings (SSSR count). The molecule has 3 heteroatoms. The molecule has 4 atom stereocenters. The summed E-state index contributed by atoms with van der Waals surface area (Å²) in [7, 11) is 0.0919. The van der Waals surface area contributed by atoms with E-state index < -0.39 is 6.51 Å². The predicted octanol–water partition coefficient (Wildman–Crippen LogP) is 12.5. The first kappa shape index (κ1) is 23.9. The van der Waals surface area contributed by atoms with Crippen molar-refractivity contribution in [3.05, 3.63) is 0 Å². The van der Waals surface area contributed by atoms with Crippen LogP contribution < -0.4 is 0 Å². The fourth-order valence-corrected chi connectivity index (χ4v) is 136. The van der Waals surface area contributed by atoms with E-state index in [2.05, 4.69) is 83.1 Å². The molecular formula is C34H60FeP2. The minimum atomic E-state index is -3.66. The van der Waals surface area contributed by atoms with E-state index in [0.29, 0.717) is 20.6 Å². The molecule has 0 N–H and O–H groups in total. The molecule has 0 aromatic carbocycles. The number of rotatable bonds is 14. The Morgan fingerprint density at radius 3 is 0.865 bits per heavy atom. The number of hydrogen-bond acceptors (Lipinski definition) is 0. The van der Waals surface area contributed by atoms with Crippen molar-refractivity contribution < 1.29 is 6.51 Å². The van der Waals surface area contributed by atoms with Gasteiger partial charge in [0.15, 0.2) is 0 Å². The summed E-state index contributed by atoms with van der Waals surface area (Å²) in [5.41, 5.74) is 0. The Labute approximate surface area is 223 Å². The number of fused-ring (bicyclic) bond motifs is 10. The number of hydrogen-bond donors (Lipinski definition) is 0. The molecule has 0 aromatic rings. The Balaban J connectivity index is 1.29. The Kier molecular flexibility index (Phi) is 2.20. The maximum absolute atomic E-state index is 3.66. The summed E-state index contributed by atoms with van der Waals surface area (Å²) in [5.74, 6) is 0. The Morgan fingerprint density at radius 2 is 0.703 bits per heavy atom. The van der Waals surface area contributed by atoms with Crippen LogP contribution in [0.5, 0.6) is 0 Å². The minimum absolute atomic E-state index is 0.0459. The molecule has 10 aliphatic rings. The van der Waals surface area contributed by atoms with Gasteiger partial charge in [0, 0.05) is 0 Å². The van der Waals surface area contributed by atoms with Crippen molar-refractivity contribution in [1.29, 1.82) is 0 Å². The molecule has 37 heavy (non-hydrogen) atoms. The van der Waals surface area contributed by atoms with Gasteiger partial charge in [0.2, 0.25) is 0 Å². The van der Waals surface area contributed by atoms with Gasteiger partial charge in [-0.05, 0) is 0 Å². The summed E-state index contributed by atoms with van der Waals surface area (Å²) in [6, 6.07) is 0. The van der Waals surface area contributed by atoms with Gasteiger partial charge in [0.1, 0.15) is 0 Å². The van der Waals surface area contributed by atoms with Gasteiger partial charge in [-0.1, -0.05) is 0 Å². The van der Waals surface area contributed by atoms with Gasteiger partial charge in [0.25, 0.3) is 0 Å². The van der Waals surface area contributed by atoms with Crippen molar-refractivity contribution in [3.63, 3.8) is 0 Å². The fourth-order valence-electron chi connectivity index (χ4n) is 23.8. The van der Waals surface area contributed by atoms with Crippen molar-refractivity contribution in [2.24, 2.45) is 0 Å². The standard InChI is InChI=1S/C29H55P2.C5H5.Fe/c1-13-20-26(5,6)30(27(7,8)21-14-2)24-18-17-19-25(24)31(28(9,10)22-15-3)29(11,12)23-16-4;1-2-4-5-3-1;/h17-19H,13-16,20-23H2,1-12H3;1-5H;. The molecule has 0 saturated carbocycles. The van der Waals surface area contributed by atoms with E-state index in [1.165, 1.54) is 89.9 Å². The van der Waals surface area contributed by atoms with E-state index in [4.69, 9.17) is 0 Å². The summed E-state index contributed by atoms with van der Waals surface area (Å²) < 4.78 is 2.00. The normalized spacial score (nSPS) is 65.6. The molecular weight excluding hydrogens is 526 g/mol. The molecule has 0 aromatic heterocycles. The van der Waals surface area contributed by atoms with Crippen LogP contribution in [0, 0.1) is 0 Å². The van der Waals surface area contributed by atoms with Crippen molar-refractivity contribution in [2.75, 3.05) is 0 Å². The molecule has 0 amide bonds. The first-order valence-corrected chi connectivity index (χ1v) is 25.6. The second-order valence-electron chi connectivity index (χ2n) is 20.6. The molecule has 10 fully saturated rings. The first-order chi connectivity index (χ1) is 16.9. The topological polar surface area (TPSA) is 0 Å². The third kappa shape index (κ3) is 0.595. The van der Waals surface area contributed by atoms with Crippen molar-refractivity contribution in [1.82, 2.24) is 0 Å². The van der Waals surface area contributed by atoms with E-state index in [1.807, 2.05) is 0 Å². The maximum atomic E-state index is 2.84. The predicted molar refractivity (Wildman–Crippen MR) is 165 cm³/mol. The molecule has 0 nitrogen and oxygen atoms in total. The molecule has 10 aliphatic heterocycles. The van der Waals surface area contributed by atoms with Crippen molar-refractivity contribution in [2.45, 2.75) is 202 Å². The molecule has 0 radical (unpaired) electrons. The molecule has 0 aliphatic carbocycles. The van der Waals surface area contributed by atoms with Gasteiger partial charge >= 0.3 is 224 Å². The zero-order valence-electron chi connectivity index (χ0n) is 26.5. The molecule has 10 saturated heterocycles. The quantitative estimate of drug-likeness (QED) is 0.140. The zero-order valence-corrected chi connectivity index (χ0v) is 29.4. The third-order valence-electron chi connectivity index (χ3n) is 21.2. The van der Waals surface area contributed by atoms with E-state index in [9.17, 15) is 0 Å². The SMILES string of the molecule is CCCC(C)(C)P(C(C)(C)CCC)[C]12[CH]3[CH]4[CH]5[C]1(P(C(C)(C)CCC)C(C)(C)CCC)[Fe]43521678[CH]2[CH]1[CH]6[CH]7[CH]28. The summed E-state index contributed by atoms with van der Waals surface area (Å²) in [6.45, 7) is 29.1. The third-order valence-corrected chi connectivity index (χ3v) is 80.6. The first-order valence-electron chi connectivity index (χ1n) is 16.7. The van der Waals surface area contributed by atoms with Crippen LogP contribution in [0.4, 0.5) is 0 Å². The molecule has 0 bridgehead atoms. The van der Waals surface area contributed by atoms with Crippen LogP contribution in [0.3, 0.4) is 0 Å². The van der Waals surface area contributed by atoms with Gasteiger partial charge in [-0.3, -0.25) is 0 Å². The summed E-state index contributed by atoms with van der Waals surface area (Å²) in [6.07, 6.45) is 11.6. The summed E-state index contributed by atoms with van der Waals surface area (Å²) in [4.78, 5) is 11.4. The van der Waals surface area contributed by atoms with E-state index in [0.717, 1.165) is 8.11 Å². The average Bonchev–Trinajstić information content (AvgIpc) is 3.69.